The minimum absolute atomic E-state index is 0.00430. The van der Waals surface area contributed by atoms with E-state index in [1.165, 1.54) is 12.6 Å². The highest BCUT2D eigenvalue weighted by Gasteiger charge is 2.38. The number of carbonyl (C=O) groups excluding carboxylic acids is 1. The quantitative estimate of drug-likeness (QED) is 0.460. The lowest BCUT2D eigenvalue weighted by Crippen LogP contribution is -2.42. The predicted molar refractivity (Wildman–Crippen MR) is 96.1 cm³/mol. The van der Waals surface area contributed by atoms with Gasteiger partial charge < -0.3 is 14.5 Å². The summed E-state index contributed by atoms with van der Waals surface area (Å²) in [7, 11) is 0. The molecule has 25 heavy (non-hydrogen) atoms. The molecule has 1 aromatic heterocycles. The molecule has 1 fully saturated rings. The van der Waals surface area contributed by atoms with Crippen molar-refractivity contribution >= 4 is 17.4 Å². The Morgan fingerprint density at radius 3 is 2.88 bits per heavy atom. The molecule has 3 unspecified atom stereocenters. The number of oxazole rings is 1. The normalized spacial score (nSPS) is 23.4. The third-order valence-electron chi connectivity index (χ3n) is 4.70. The van der Waals surface area contributed by atoms with Crippen molar-refractivity contribution in [3.63, 3.8) is 0 Å². The van der Waals surface area contributed by atoms with E-state index in [1.54, 1.807) is 0 Å². The number of aromatic nitrogens is 1. The van der Waals surface area contributed by atoms with Crippen LogP contribution in [0.15, 0.2) is 41.3 Å². The van der Waals surface area contributed by atoms with E-state index >= 15 is 0 Å². The summed E-state index contributed by atoms with van der Waals surface area (Å²) in [5.74, 6) is 1.83. The summed E-state index contributed by atoms with van der Waals surface area (Å²) in [5, 5.41) is 3.49. The van der Waals surface area contributed by atoms with Gasteiger partial charge in [0.25, 0.3) is 0 Å². The minimum atomic E-state index is -0.176. The number of carbonyl (C=O) groups is 1. The standard InChI is InChI=1S/C19H23ClN2O3/c1-13-7-9-22-18(17(13)19(23)16-11-21-12-25-16)14-3-5-15(6-4-14)24-10-2-8-20/h3-6,11-13,17-18,22H,2,7-10H2,1H3. The van der Waals surface area contributed by atoms with Crippen molar-refractivity contribution in [2.24, 2.45) is 11.8 Å². The van der Waals surface area contributed by atoms with E-state index in [1.807, 2.05) is 24.3 Å². The van der Waals surface area contributed by atoms with Gasteiger partial charge in [-0.1, -0.05) is 19.1 Å². The van der Waals surface area contributed by atoms with Gasteiger partial charge in [0, 0.05) is 17.8 Å². The van der Waals surface area contributed by atoms with Crippen molar-refractivity contribution in [1.82, 2.24) is 10.3 Å². The van der Waals surface area contributed by atoms with Crippen LogP contribution in [-0.4, -0.2) is 29.8 Å². The second-order valence-corrected chi connectivity index (χ2v) is 6.79. The molecule has 0 amide bonds. The van der Waals surface area contributed by atoms with Crippen LogP contribution in [0.3, 0.4) is 0 Å². The summed E-state index contributed by atoms with van der Waals surface area (Å²) in [5.41, 5.74) is 1.08. The van der Waals surface area contributed by atoms with E-state index in [2.05, 4.69) is 17.2 Å². The van der Waals surface area contributed by atoms with Crippen molar-refractivity contribution in [3.05, 3.63) is 48.2 Å². The maximum Gasteiger partial charge on any atom is 0.204 e. The molecule has 0 bridgehead atoms. The van der Waals surface area contributed by atoms with Crippen molar-refractivity contribution < 1.29 is 13.9 Å². The highest BCUT2D eigenvalue weighted by Crippen LogP contribution is 2.36. The fraction of sp³-hybridized carbons (Fsp3) is 0.474. The van der Waals surface area contributed by atoms with Crippen LogP contribution in [0.4, 0.5) is 0 Å². The zero-order chi connectivity index (χ0) is 17.6. The molecule has 1 aliphatic rings. The van der Waals surface area contributed by atoms with Gasteiger partial charge in [0.1, 0.15) is 5.75 Å². The number of rotatable bonds is 7. The highest BCUT2D eigenvalue weighted by molar-refractivity contribution is 6.17. The van der Waals surface area contributed by atoms with Gasteiger partial charge in [-0.25, -0.2) is 4.98 Å². The summed E-state index contributed by atoms with van der Waals surface area (Å²) >= 11 is 5.66. The lowest BCUT2D eigenvalue weighted by atomic mass is 9.76. The molecule has 0 saturated carbocycles. The molecule has 6 heteroatoms. The molecule has 3 atom stereocenters. The Labute approximate surface area is 152 Å². The Hall–Kier alpha value is -1.85. The maximum atomic E-state index is 12.9. The number of benzene rings is 1. The molecular weight excluding hydrogens is 340 g/mol. The molecule has 1 N–H and O–H groups in total. The Morgan fingerprint density at radius 2 is 2.20 bits per heavy atom. The van der Waals surface area contributed by atoms with E-state index in [0.29, 0.717) is 18.2 Å². The van der Waals surface area contributed by atoms with Gasteiger partial charge in [-0.2, -0.15) is 0 Å². The van der Waals surface area contributed by atoms with Gasteiger partial charge in [0.2, 0.25) is 5.78 Å². The van der Waals surface area contributed by atoms with Gasteiger partial charge in [0.15, 0.2) is 12.2 Å². The summed E-state index contributed by atoms with van der Waals surface area (Å²) in [4.78, 5) is 16.8. The van der Waals surface area contributed by atoms with Gasteiger partial charge in [-0.15, -0.1) is 11.6 Å². The van der Waals surface area contributed by atoms with E-state index in [-0.39, 0.29) is 23.7 Å². The van der Waals surface area contributed by atoms with Crippen LogP contribution in [-0.2, 0) is 0 Å². The van der Waals surface area contributed by atoms with Crippen LogP contribution in [0, 0.1) is 11.8 Å². The number of alkyl halides is 1. The van der Waals surface area contributed by atoms with E-state index in [4.69, 9.17) is 20.8 Å². The summed E-state index contributed by atoms with van der Waals surface area (Å²) in [6.07, 6.45) is 4.57. The number of Topliss-reactive ketones (excluding diaryl/α,β-unsaturated/α-hetero) is 1. The Morgan fingerprint density at radius 1 is 1.40 bits per heavy atom. The first-order valence-corrected chi connectivity index (χ1v) is 9.19. The molecule has 5 nitrogen and oxygen atoms in total. The van der Waals surface area contributed by atoms with Gasteiger partial charge >= 0.3 is 0 Å². The van der Waals surface area contributed by atoms with Crippen molar-refractivity contribution in [2.45, 2.75) is 25.8 Å². The van der Waals surface area contributed by atoms with Gasteiger partial charge in [-0.05, 0) is 43.0 Å². The molecule has 0 radical (unpaired) electrons. The monoisotopic (exact) mass is 362 g/mol. The van der Waals surface area contributed by atoms with Crippen LogP contribution in [0.2, 0.25) is 0 Å². The topological polar surface area (TPSA) is 64.4 Å². The lowest BCUT2D eigenvalue weighted by Gasteiger charge is -2.36. The molecule has 2 heterocycles. The lowest BCUT2D eigenvalue weighted by molar-refractivity contribution is 0.0760. The Balaban J connectivity index is 1.77. The highest BCUT2D eigenvalue weighted by atomic mass is 35.5. The first kappa shape index (κ1) is 18.0. The largest absolute Gasteiger partial charge is 0.494 e. The average Bonchev–Trinajstić information content (AvgIpc) is 3.16. The second-order valence-electron chi connectivity index (χ2n) is 6.41. The average molecular weight is 363 g/mol. The first-order chi connectivity index (χ1) is 12.2. The molecule has 0 spiro atoms. The zero-order valence-corrected chi connectivity index (χ0v) is 15.0. The van der Waals surface area contributed by atoms with E-state index in [0.717, 1.165) is 30.7 Å². The molecule has 1 saturated heterocycles. The number of ketones is 1. The van der Waals surface area contributed by atoms with Gasteiger partial charge in [-0.3, -0.25) is 4.79 Å². The molecule has 1 aromatic carbocycles. The predicted octanol–water partition coefficient (Wildman–Crippen LogP) is 3.85. The fourth-order valence-electron chi connectivity index (χ4n) is 3.35. The van der Waals surface area contributed by atoms with Gasteiger partial charge in [0.05, 0.1) is 12.8 Å². The second kappa shape index (κ2) is 8.50. The third kappa shape index (κ3) is 4.22. The Bertz CT molecular complexity index is 672. The van der Waals surface area contributed by atoms with Crippen LogP contribution >= 0.6 is 11.6 Å². The Kier molecular flexibility index (Phi) is 6.10. The molecule has 2 aromatic rings. The molecular formula is C19H23ClN2O3. The molecule has 1 aliphatic heterocycles. The smallest absolute Gasteiger partial charge is 0.204 e. The van der Waals surface area contributed by atoms with Crippen LogP contribution in [0.1, 0.15) is 41.9 Å². The molecule has 3 rings (SSSR count). The number of nitrogens with zero attached hydrogens (tertiary/aromatic N) is 1. The summed E-state index contributed by atoms with van der Waals surface area (Å²) in [6.45, 7) is 3.62. The number of halogens is 1. The third-order valence-corrected chi connectivity index (χ3v) is 4.97. The fourth-order valence-corrected chi connectivity index (χ4v) is 3.46. The number of hydrogen-bond donors (Lipinski definition) is 1. The van der Waals surface area contributed by atoms with Crippen LogP contribution in [0.25, 0.3) is 0 Å². The molecule has 134 valence electrons. The maximum absolute atomic E-state index is 12.9. The number of ether oxygens (including phenoxy) is 1. The van der Waals surface area contributed by atoms with E-state index < -0.39 is 0 Å². The van der Waals surface area contributed by atoms with Crippen LogP contribution in [0.5, 0.6) is 5.75 Å². The van der Waals surface area contributed by atoms with Crippen molar-refractivity contribution in [1.29, 1.82) is 0 Å². The van der Waals surface area contributed by atoms with Crippen LogP contribution < -0.4 is 10.1 Å². The van der Waals surface area contributed by atoms with Crippen molar-refractivity contribution in [3.8, 4) is 5.75 Å². The number of hydrogen-bond acceptors (Lipinski definition) is 5. The van der Waals surface area contributed by atoms with E-state index in [9.17, 15) is 4.79 Å². The number of piperidine rings is 1. The summed E-state index contributed by atoms with van der Waals surface area (Å²) < 4.78 is 10.9. The number of nitrogens with one attached hydrogen (secondary N) is 1. The van der Waals surface area contributed by atoms with Crippen molar-refractivity contribution in [2.75, 3.05) is 19.0 Å². The molecule has 0 aliphatic carbocycles. The zero-order valence-electron chi connectivity index (χ0n) is 14.3. The minimum Gasteiger partial charge on any atom is -0.494 e. The summed E-state index contributed by atoms with van der Waals surface area (Å²) in [6, 6.07) is 7.89. The first-order valence-electron chi connectivity index (χ1n) is 8.65. The SMILES string of the molecule is CC1CCNC(c2ccc(OCCCCl)cc2)C1C(=O)c1cnco1.